The summed E-state index contributed by atoms with van der Waals surface area (Å²) in [7, 11) is 0. The van der Waals surface area contributed by atoms with Crippen molar-refractivity contribution in [2.24, 2.45) is 5.92 Å². The molecule has 1 aromatic carbocycles. The molecule has 3 saturated heterocycles. The van der Waals surface area contributed by atoms with Gasteiger partial charge in [-0.05, 0) is 69.8 Å². The number of hydrogen-bond donors (Lipinski definition) is 1. The van der Waals surface area contributed by atoms with Crippen molar-refractivity contribution in [1.29, 1.82) is 0 Å². The fourth-order valence-electron chi connectivity index (χ4n) is 4.73. The number of carbonyl (C=O) groups is 1. The second kappa shape index (κ2) is 5.68. The highest BCUT2D eigenvalue weighted by atomic mass is 35.5. The van der Waals surface area contributed by atoms with E-state index in [1.54, 1.807) is 11.3 Å². The highest BCUT2D eigenvalue weighted by molar-refractivity contribution is 7.18. The van der Waals surface area contributed by atoms with Crippen LogP contribution in [-0.4, -0.2) is 40.5 Å². The fraction of sp³-hybridized carbons (Fsp3) is 0.556. The maximum absolute atomic E-state index is 12.8. The van der Waals surface area contributed by atoms with Gasteiger partial charge in [0.05, 0.1) is 21.3 Å². The SMILES string of the molecule is Cc1nc2ccc(C(=O)N[C@@H]3C4CCN(CC4)C34CC4)cc2s1.Cl. The number of nitrogens with one attached hydrogen (secondary N) is 1. The Morgan fingerprint density at radius 3 is 2.79 bits per heavy atom. The van der Waals surface area contributed by atoms with Gasteiger partial charge in [-0.15, -0.1) is 23.7 Å². The molecule has 24 heavy (non-hydrogen) atoms. The van der Waals surface area contributed by atoms with Gasteiger partial charge in [0.1, 0.15) is 0 Å². The third-order valence-electron chi connectivity index (χ3n) is 6.03. The first-order valence-corrected chi connectivity index (χ1v) is 9.40. The van der Waals surface area contributed by atoms with E-state index in [-0.39, 0.29) is 18.3 Å². The molecule has 3 aliphatic heterocycles. The summed E-state index contributed by atoms with van der Waals surface area (Å²) in [6.07, 6.45) is 4.97. The van der Waals surface area contributed by atoms with Crippen molar-refractivity contribution in [2.75, 3.05) is 13.1 Å². The Balaban J connectivity index is 0.00000146. The zero-order valence-corrected chi connectivity index (χ0v) is 15.4. The third kappa shape index (κ3) is 2.37. The first-order chi connectivity index (χ1) is 11.2. The van der Waals surface area contributed by atoms with E-state index in [9.17, 15) is 4.79 Å². The predicted octanol–water partition coefficient (Wildman–Crippen LogP) is 3.38. The van der Waals surface area contributed by atoms with Gasteiger partial charge in [0.2, 0.25) is 0 Å². The van der Waals surface area contributed by atoms with Crippen LogP contribution in [0.2, 0.25) is 0 Å². The molecule has 2 aromatic rings. The summed E-state index contributed by atoms with van der Waals surface area (Å²) in [5.41, 5.74) is 2.06. The minimum Gasteiger partial charge on any atom is -0.347 e. The topological polar surface area (TPSA) is 45.2 Å². The van der Waals surface area contributed by atoms with Gasteiger partial charge in [-0.2, -0.15) is 0 Å². The molecule has 6 rings (SSSR count). The van der Waals surface area contributed by atoms with Crippen molar-refractivity contribution in [2.45, 2.75) is 44.2 Å². The lowest BCUT2D eigenvalue weighted by molar-refractivity contribution is -0.00144. The number of hydrogen-bond acceptors (Lipinski definition) is 4. The molecule has 1 amide bonds. The Bertz CT molecular complexity index is 793. The van der Waals surface area contributed by atoms with Crippen LogP contribution >= 0.6 is 23.7 Å². The summed E-state index contributed by atoms with van der Waals surface area (Å²) < 4.78 is 1.10. The van der Waals surface area contributed by atoms with Gasteiger partial charge in [0.15, 0.2) is 0 Å². The Labute approximate surface area is 152 Å². The average Bonchev–Trinajstić information content (AvgIpc) is 3.24. The zero-order chi connectivity index (χ0) is 15.6. The van der Waals surface area contributed by atoms with E-state index < -0.39 is 0 Å². The standard InChI is InChI=1S/C18H21N3OS.ClH/c1-11-19-14-3-2-13(10-15(14)23-11)17(22)20-16-12-4-8-21(9-5-12)18(16)6-7-18;/h2-3,10,12,16H,4-9H2,1H3,(H,20,22);1H/t16-;/m1./s1. The number of piperidine rings is 3. The first kappa shape index (κ1) is 16.3. The number of rotatable bonds is 2. The van der Waals surface area contributed by atoms with E-state index in [0.717, 1.165) is 20.8 Å². The van der Waals surface area contributed by atoms with Crippen molar-refractivity contribution in [1.82, 2.24) is 15.2 Å². The second-order valence-electron chi connectivity index (χ2n) is 7.29. The first-order valence-electron chi connectivity index (χ1n) is 8.59. The van der Waals surface area contributed by atoms with E-state index in [1.165, 1.54) is 38.8 Å². The number of halogens is 1. The summed E-state index contributed by atoms with van der Waals surface area (Å²) in [5, 5.41) is 4.44. The van der Waals surface area contributed by atoms with Gasteiger partial charge in [-0.25, -0.2) is 4.98 Å². The van der Waals surface area contributed by atoms with Crippen LogP contribution < -0.4 is 5.32 Å². The molecule has 1 aliphatic carbocycles. The van der Waals surface area contributed by atoms with Crippen LogP contribution in [0.4, 0.5) is 0 Å². The number of carbonyl (C=O) groups excluding carboxylic acids is 1. The Hall–Kier alpha value is -1.17. The number of nitrogens with zero attached hydrogens (tertiary/aromatic N) is 2. The molecule has 1 spiro atoms. The molecule has 1 aromatic heterocycles. The van der Waals surface area contributed by atoms with E-state index in [0.29, 0.717) is 17.5 Å². The van der Waals surface area contributed by atoms with Gasteiger partial charge >= 0.3 is 0 Å². The molecule has 1 saturated carbocycles. The van der Waals surface area contributed by atoms with Crippen molar-refractivity contribution in [3.05, 3.63) is 28.8 Å². The van der Waals surface area contributed by atoms with Crippen LogP contribution in [-0.2, 0) is 0 Å². The molecule has 0 unspecified atom stereocenters. The molecule has 4 fully saturated rings. The molecule has 6 heteroatoms. The Kier molecular flexibility index (Phi) is 3.86. The molecular weight excluding hydrogens is 342 g/mol. The quantitative estimate of drug-likeness (QED) is 0.889. The monoisotopic (exact) mass is 363 g/mol. The van der Waals surface area contributed by atoms with Crippen LogP contribution in [0.5, 0.6) is 0 Å². The summed E-state index contributed by atoms with van der Waals surface area (Å²) in [6.45, 7) is 4.46. The molecule has 4 aliphatic rings. The zero-order valence-electron chi connectivity index (χ0n) is 13.7. The third-order valence-corrected chi connectivity index (χ3v) is 6.96. The maximum Gasteiger partial charge on any atom is 0.251 e. The lowest BCUT2D eigenvalue weighted by atomic mass is 9.77. The lowest BCUT2D eigenvalue weighted by Crippen LogP contribution is -2.65. The Morgan fingerprint density at radius 2 is 2.08 bits per heavy atom. The summed E-state index contributed by atoms with van der Waals surface area (Å²) in [5.74, 6) is 0.754. The van der Waals surface area contributed by atoms with Crippen LogP contribution in [0.25, 0.3) is 10.2 Å². The van der Waals surface area contributed by atoms with E-state index in [4.69, 9.17) is 0 Å². The molecule has 2 bridgehead atoms. The van der Waals surface area contributed by atoms with Crippen molar-refractivity contribution in [3.63, 3.8) is 0 Å². The largest absolute Gasteiger partial charge is 0.347 e. The van der Waals surface area contributed by atoms with E-state index >= 15 is 0 Å². The lowest BCUT2D eigenvalue weighted by Gasteiger charge is -2.52. The number of benzene rings is 1. The van der Waals surface area contributed by atoms with Gasteiger partial charge < -0.3 is 5.32 Å². The summed E-state index contributed by atoms with van der Waals surface area (Å²) >= 11 is 1.65. The molecule has 1 N–H and O–H groups in total. The number of aromatic nitrogens is 1. The second-order valence-corrected chi connectivity index (χ2v) is 8.53. The number of thiazole rings is 1. The fourth-order valence-corrected chi connectivity index (χ4v) is 5.59. The van der Waals surface area contributed by atoms with Crippen molar-refractivity contribution < 1.29 is 4.79 Å². The van der Waals surface area contributed by atoms with E-state index in [1.807, 2.05) is 25.1 Å². The molecule has 4 heterocycles. The van der Waals surface area contributed by atoms with Gasteiger partial charge in [0, 0.05) is 11.1 Å². The maximum atomic E-state index is 12.8. The normalized spacial score (nSPS) is 29.5. The highest BCUT2D eigenvalue weighted by Gasteiger charge is 2.60. The highest BCUT2D eigenvalue weighted by Crippen LogP contribution is 2.53. The molecule has 4 nitrogen and oxygen atoms in total. The summed E-state index contributed by atoms with van der Waals surface area (Å²) in [6, 6.07) is 6.22. The van der Waals surface area contributed by atoms with Crippen molar-refractivity contribution >= 4 is 39.9 Å². The number of amides is 1. The summed E-state index contributed by atoms with van der Waals surface area (Å²) in [4.78, 5) is 19.9. The number of aryl methyl sites for hydroxylation is 1. The predicted molar refractivity (Wildman–Crippen MR) is 99.1 cm³/mol. The van der Waals surface area contributed by atoms with Crippen LogP contribution in [0.15, 0.2) is 18.2 Å². The number of fused-ring (bicyclic) bond motifs is 3. The van der Waals surface area contributed by atoms with Crippen molar-refractivity contribution in [3.8, 4) is 0 Å². The van der Waals surface area contributed by atoms with Gasteiger partial charge in [-0.1, -0.05) is 0 Å². The molecule has 0 radical (unpaired) electrons. The minimum atomic E-state index is 0. The van der Waals surface area contributed by atoms with Crippen LogP contribution in [0.3, 0.4) is 0 Å². The molecule has 128 valence electrons. The average molecular weight is 364 g/mol. The minimum absolute atomic E-state index is 0. The molecule has 1 atom stereocenters. The Morgan fingerprint density at radius 1 is 1.33 bits per heavy atom. The van der Waals surface area contributed by atoms with E-state index in [2.05, 4.69) is 15.2 Å². The van der Waals surface area contributed by atoms with Crippen LogP contribution in [0, 0.1) is 12.8 Å². The molecular formula is C18H22ClN3OS. The van der Waals surface area contributed by atoms with Crippen LogP contribution in [0.1, 0.15) is 41.0 Å². The van der Waals surface area contributed by atoms with Gasteiger partial charge in [0.25, 0.3) is 5.91 Å². The smallest absolute Gasteiger partial charge is 0.251 e. The van der Waals surface area contributed by atoms with Gasteiger partial charge in [-0.3, -0.25) is 9.69 Å².